The lowest BCUT2D eigenvalue weighted by Crippen LogP contribution is -2.23. The Morgan fingerprint density at radius 3 is 2.57 bits per heavy atom. The molecule has 21 heavy (non-hydrogen) atoms. The van der Waals surface area contributed by atoms with Gasteiger partial charge in [0.25, 0.3) is 0 Å². The minimum atomic E-state index is 0.255. The van der Waals surface area contributed by atoms with E-state index in [1.54, 1.807) is 0 Å². The molecule has 2 aromatic rings. The normalized spacial score (nSPS) is 12.1. The number of nitrogens with zero attached hydrogens (tertiary/aromatic N) is 1. The van der Waals surface area contributed by atoms with Crippen LogP contribution in [0.1, 0.15) is 37.4 Å². The van der Waals surface area contributed by atoms with Crippen LogP contribution in [-0.2, 0) is 6.42 Å². The molecule has 0 saturated carbocycles. The van der Waals surface area contributed by atoms with Crippen molar-refractivity contribution < 1.29 is 4.74 Å². The number of hydrogen-bond donors (Lipinski definition) is 1. The van der Waals surface area contributed by atoms with Crippen molar-refractivity contribution >= 4 is 0 Å². The second kappa shape index (κ2) is 8.42. The maximum atomic E-state index is 5.90. The number of para-hydroxylation sites is 1. The Labute approximate surface area is 127 Å². The van der Waals surface area contributed by atoms with Gasteiger partial charge in [-0.2, -0.15) is 0 Å². The number of benzene rings is 1. The van der Waals surface area contributed by atoms with Crippen molar-refractivity contribution in [3.05, 3.63) is 59.9 Å². The van der Waals surface area contributed by atoms with E-state index in [0.717, 1.165) is 31.7 Å². The van der Waals surface area contributed by atoms with Gasteiger partial charge in [0.15, 0.2) is 0 Å². The summed E-state index contributed by atoms with van der Waals surface area (Å²) in [4.78, 5) is 4.08. The fourth-order valence-corrected chi connectivity index (χ4v) is 2.40. The van der Waals surface area contributed by atoms with Gasteiger partial charge in [-0.25, -0.2) is 0 Å². The molecule has 3 heteroatoms. The van der Waals surface area contributed by atoms with Crippen LogP contribution in [-0.4, -0.2) is 18.1 Å². The molecular weight excluding hydrogens is 260 g/mol. The molecule has 1 N–H and O–H groups in total. The molecule has 0 bridgehead atoms. The fraction of sp³-hybridized carbons (Fsp3) is 0.389. The molecule has 1 heterocycles. The summed E-state index contributed by atoms with van der Waals surface area (Å²) in [5.41, 5.74) is 2.51. The van der Waals surface area contributed by atoms with Crippen molar-refractivity contribution in [2.24, 2.45) is 0 Å². The van der Waals surface area contributed by atoms with Crippen LogP contribution in [0, 0.1) is 0 Å². The highest BCUT2D eigenvalue weighted by Gasteiger charge is 2.15. The van der Waals surface area contributed by atoms with Crippen LogP contribution in [0.2, 0.25) is 0 Å². The monoisotopic (exact) mass is 284 g/mol. The highest BCUT2D eigenvalue weighted by Crippen LogP contribution is 2.27. The summed E-state index contributed by atoms with van der Waals surface area (Å²) in [6.07, 6.45) is 5.64. The number of rotatable bonds is 8. The standard InChI is InChI=1S/C18H24N2O/c1-3-13-21-18-8-6-5-7-16(18)17(20-4-2)14-15-9-11-19-12-10-15/h5-12,17,20H,3-4,13-14H2,1-2H3. The Balaban J connectivity index is 2.21. The zero-order valence-electron chi connectivity index (χ0n) is 12.9. The molecule has 1 aromatic carbocycles. The Hall–Kier alpha value is -1.87. The van der Waals surface area contributed by atoms with E-state index in [9.17, 15) is 0 Å². The van der Waals surface area contributed by atoms with Crippen molar-refractivity contribution in [2.45, 2.75) is 32.7 Å². The third-order valence-electron chi connectivity index (χ3n) is 3.40. The van der Waals surface area contributed by atoms with Gasteiger partial charge in [-0.1, -0.05) is 32.0 Å². The summed E-state index contributed by atoms with van der Waals surface area (Å²) in [6, 6.07) is 12.7. The maximum absolute atomic E-state index is 5.90. The van der Waals surface area contributed by atoms with E-state index in [1.807, 2.05) is 18.5 Å². The largest absolute Gasteiger partial charge is 0.493 e. The lowest BCUT2D eigenvalue weighted by atomic mass is 9.98. The molecule has 0 amide bonds. The Morgan fingerprint density at radius 2 is 1.86 bits per heavy atom. The quantitative estimate of drug-likeness (QED) is 0.801. The predicted molar refractivity (Wildman–Crippen MR) is 86.6 cm³/mol. The van der Waals surface area contributed by atoms with Crippen LogP contribution in [0.15, 0.2) is 48.8 Å². The second-order valence-electron chi connectivity index (χ2n) is 5.06. The van der Waals surface area contributed by atoms with E-state index in [2.05, 4.69) is 54.5 Å². The van der Waals surface area contributed by atoms with Gasteiger partial charge in [-0.05, 0) is 43.1 Å². The first kappa shape index (κ1) is 15.5. The molecule has 1 unspecified atom stereocenters. The zero-order chi connectivity index (χ0) is 14.9. The molecule has 0 aliphatic heterocycles. The molecule has 112 valence electrons. The molecule has 1 aromatic heterocycles. The molecule has 1 atom stereocenters. The van der Waals surface area contributed by atoms with E-state index in [1.165, 1.54) is 11.1 Å². The van der Waals surface area contributed by atoms with Crippen molar-refractivity contribution in [3.63, 3.8) is 0 Å². The molecule has 0 aliphatic rings. The Bertz CT molecular complexity index is 528. The molecule has 0 saturated heterocycles. The van der Waals surface area contributed by atoms with Crippen LogP contribution in [0.5, 0.6) is 5.75 Å². The minimum absolute atomic E-state index is 0.255. The molecular formula is C18H24N2O. The first-order valence-corrected chi connectivity index (χ1v) is 7.69. The summed E-state index contributed by atoms with van der Waals surface area (Å²) in [5, 5.41) is 3.56. The molecule has 0 spiro atoms. The van der Waals surface area contributed by atoms with Crippen LogP contribution in [0.3, 0.4) is 0 Å². The van der Waals surface area contributed by atoms with E-state index in [4.69, 9.17) is 4.74 Å². The summed E-state index contributed by atoms with van der Waals surface area (Å²) in [7, 11) is 0. The van der Waals surface area contributed by atoms with E-state index in [-0.39, 0.29) is 6.04 Å². The molecule has 3 nitrogen and oxygen atoms in total. The summed E-state index contributed by atoms with van der Waals surface area (Å²) >= 11 is 0. The third-order valence-corrected chi connectivity index (χ3v) is 3.40. The number of aromatic nitrogens is 1. The zero-order valence-corrected chi connectivity index (χ0v) is 12.9. The van der Waals surface area contributed by atoms with Gasteiger partial charge in [0.1, 0.15) is 5.75 Å². The van der Waals surface area contributed by atoms with Crippen molar-refractivity contribution in [2.75, 3.05) is 13.2 Å². The SMILES string of the molecule is CCCOc1ccccc1C(Cc1ccncc1)NCC. The highest BCUT2D eigenvalue weighted by molar-refractivity contribution is 5.37. The summed E-state index contributed by atoms with van der Waals surface area (Å²) < 4.78 is 5.90. The highest BCUT2D eigenvalue weighted by atomic mass is 16.5. The van der Waals surface area contributed by atoms with E-state index >= 15 is 0 Å². The fourth-order valence-electron chi connectivity index (χ4n) is 2.40. The van der Waals surface area contributed by atoms with Crippen LogP contribution < -0.4 is 10.1 Å². The first-order chi connectivity index (χ1) is 10.3. The number of hydrogen-bond acceptors (Lipinski definition) is 3. The van der Waals surface area contributed by atoms with Gasteiger partial charge in [0.05, 0.1) is 6.61 Å². The van der Waals surface area contributed by atoms with Crippen molar-refractivity contribution in [1.82, 2.24) is 10.3 Å². The minimum Gasteiger partial charge on any atom is -0.493 e. The lowest BCUT2D eigenvalue weighted by molar-refractivity contribution is 0.310. The van der Waals surface area contributed by atoms with E-state index < -0.39 is 0 Å². The van der Waals surface area contributed by atoms with Crippen LogP contribution in [0.25, 0.3) is 0 Å². The Morgan fingerprint density at radius 1 is 1.10 bits per heavy atom. The van der Waals surface area contributed by atoms with Crippen molar-refractivity contribution in [1.29, 1.82) is 0 Å². The number of ether oxygens (including phenoxy) is 1. The van der Waals surface area contributed by atoms with Gasteiger partial charge < -0.3 is 10.1 Å². The third kappa shape index (κ3) is 4.57. The van der Waals surface area contributed by atoms with Gasteiger partial charge in [-0.15, -0.1) is 0 Å². The lowest BCUT2D eigenvalue weighted by Gasteiger charge is -2.21. The van der Waals surface area contributed by atoms with Gasteiger partial charge in [0, 0.05) is 24.0 Å². The molecule has 0 radical (unpaired) electrons. The first-order valence-electron chi connectivity index (χ1n) is 7.69. The van der Waals surface area contributed by atoms with Crippen molar-refractivity contribution in [3.8, 4) is 5.75 Å². The van der Waals surface area contributed by atoms with Gasteiger partial charge in [0.2, 0.25) is 0 Å². The summed E-state index contributed by atoms with van der Waals surface area (Å²) in [5.74, 6) is 0.986. The van der Waals surface area contributed by atoms with Gasteiger partial charge in [-0.3, -0.25) is 4.98 Å². The topological polar surface area (TPSA) is 34.1 Å². The molecule has 2 rings (SSSR count). The molecule has 0 aliphatic carbocycles. The maximum Gasteiger partial charge on any atom is 0.124 e. The predicted octanol–water partition coefficient (Wildman–Crippen LogP) is 3.76. The average molecular weight is 284 g/mol. The van der Waals surface area contributed by atoms with E-state index in [0.29, 0.717) is 0 Å². The molecule has 0 fully saturated rings. The summed E-state index contributed by atoms with van der Waals surface area (Å²) in [6.45, 7) is 5.94. The number of pyridine rings is 1. The Kier molecular flexibility index (Phi) is 6.22. The second-order valence-corrected chi connectivity index (χ2v) is 5.06. The smallest absolute Gasteiger partial charge is 0.124 e. The number of likely N-dealkylation sites (N-methyl/N-ethyl adjacent to an activating group) is 1. The number of nitrogens with one attached hydrogen (secondary N) is 1. The van der Waals surface area contributed by atoms with Gasteiger partial charge >= 0.3 is 0 Å². The van der Waals surface area contributed by atoms with Crippen LogP contribution >= 0.6 is 0 Å². The average Bonchev–Trinajstić information content (AvgIpc) is 2.54. The van der Waals surface area contributed by atoms with Crippen LogP contribution in [0.4, 0.5) is 0 Å².